The number of hydrogen-bond acceptors (Lipinski definition) is 4. The van der Waals surface area contributed by atoms with Crippen LogP contribution in [0.1, 0.15) is 23.4 Å². The number of aryl methyl sites for hydroxylation is 1. The van der Waals surface area contributed by atoms with Crippen LogP contribution in [0.2, 0.25) is 0 Å². The van der Waals surface area contributed by atoms with Gasteiger partial charge < -0.3 is 10.2 Å². The van der Waals surface area contributed by atoms with E-state index in [1.807, 2.05) is 36.5 Å². The van der Waals surface area contributed by atoms with Crippen LogP contribution in [0.5, 0.6) is 0 Å². The maximum absolute atomic E-state index is 12.7. The first kappa shape index (κ1) is 14.7. The zero-order valence-corrected chi connectivity index (χ0v) is 12.9. The fourth-order valence-electron chi connectivity index (χ4n) is 2.14. The number of amides is 1. The topological polar surface area (TPSA) is 50.2 Å². The number of thiophene rings is 1. The molecule has 108 valence electrons. The third kappa shape index (κ3) is 3.26. The van der Waals surface area contributed by atoms with Gasteiger partial charge in [-0.15, -0.1) is 11.3 Å². The van der Waals surface area contributed by atoms with Crippen molar-refractivity contribution in [2.75, 3.05) is 13.6 Å². The van der Waals surface area contributed by atoms with Crippen molar-refractivity contribution in [3.8, 4) is 0 Å². The Morgan fingerprint density at radius 3 is 2.90 bits per heavy atom. The summed E-state index contributed by atoms with van der Waals surface area (Å²) in [7, 11) is 3.65. The van der Waals surface area contributed by atoms with Gasteiger partial charge in [0.2, 0.25) is 5.91 Å². The van der Waals surface area contributed by atoms with E-state index in [0.29, 0.717) is 13.1 Å². The van der Waals surface area contributed by atoms with Crippen LogP contribution in [-0.2, 0) is 18.4 Å². The van der Waals surface area contributed by atoms with Crippen LogP contribution in [0.3, 0.4) is 0 Å². The molecule has 2 rings (SSSR count). The predicted octanol–water partition coefficient (Wildman–Crippen LogP) is 1.79. The van der Waals surface area contributed by atoms with Crippen LogP contribution in [0.25, 0.3) is 0 Å². The summed E-state index contributed by atoms with van der Waals surface area (Å²) >= 11 is 1.67. The number of carbonyl (C=O) groups is 1. The molecule has 0 aliphatic carbocycles. The van der Waals surface area contributed by atoms with E-state index < -0.39 is 0 Å². The molecule has 0 aromatic carbocycles. The molecule has 1 unspecified atom stereocenters. The molecule has 2 heterocycles. The lowest BCUT2D eigenvalue weighted by Crippen LogP contribution is -2.39. The Morgan fingerprint density at radius 2 is 2.40 bits per heavy atom. The molecule has 2 aromatic heterocycles. The molecule has 2 aromatic rings. The van der Waals surface area contributed by atoms with Crippen LogP contribution in [0, 0.1) is 0 Å². The van der Waals surface area contributed by atoms with Crippen LogP contribution in [0.15, 0.2) is 29.9 Å². The highest BCUT2D eigenvalue weighted by Gasteiger charge is 2.25. The van der Waals surface area contributed by atoms with E-state index in [2.05, 4.69) is 16.5 Å². The molecule has 0 aliphatic rings. The van der Waals surface area contributed by atoms with E-state index in [0.717, 1.165) is 5.56 Å². The van der Waals surface area contributed by atoms with E-state index in [1.54, 1.807) is 29.3 Å². The molecule has 0 bridgehead atoms. The first-order chi connectivity index (χ1) is 9.65. The number of aromatic nitrogens is 2. The van der Waals surface area contributed by atoms with Gasteiger partial charge in [-0.2, -0.15) is 5.10 Å². The quantitative estimate of drug-likeness (QED) is 0.883. The average molecular weight is 292 g/mol. The Hall–Kier alpha value is -1.66. The fraction of sp³-hybridized carbons (Fsp3) is 0.429. The predicted molar refractivity (Wildman–Crippen MR) is 80.4 cm³/mol. The maximum atomic E-state index is 12.7. The van der Waals surface area contributed by atoms with E-state index in [1.165, 1.54) is 4.88 Å². The lowest BCUT2D eigenvalue weighted by atomic mass is 10.1. The van der Waals surface area contributed by atoms with E-state index in [9.17, 15) is 4.79 Å². The zero-order valence-electron chi connectivity index (χ0n) is 12.0. The number of nitrogens with one attached hydrogen (secondary N) is 1. The second-order valence-corrected chi connectivity index (χ2v) is 5.63. The fourth-order valence-corrected chi connectivity index (χ4v) is 2.86. The zero-order chi connectivity index (χ0) is 14.5. The molecule has 0 spiro atoms. The molecule has 0 saturated heterocycles. The summed E-state index contributed by atoms with van der Waals surface area (Å²) in [4.78, 5) is 15.7. The summed E-state index contributed by atoms with van der Waals surface area (Å²) in [6, 6.07) is 3.72. The molecule has 0 fully saturated rings. The van der Waals surface area contributed by atoms with Crippen molar-refractivity contribution < 1.29 is 4.79 Å². The van der Waals surface area contributed by atoms with Crippen molar-refractivity contribution in [1.29, 1.82) is 0 Å². The normalized spacial score (nSPS) is 12.3. The van der Waals surface area contributed by atoms with Gasteiger partial charge in [-0.25, -0.2) is 0 Å². The van der Waals surface area contributed by atoms with Gasteiger partial charge in [-0.1, -0.05) is 6.07 Å². The SMILES string of the molecule is CCN(Cc1cccs1)C(=O)C(NC)c1cnn(C)c1. The van der Waals surface area contributed by atoms with Gasteiger partial charge in [-0.3, -0.25) is 9.48 Å². The minimum atomic E-state index is -0.344. The van der Waals surface area contributed by atoms with Crippen molar-refractivity contribution in [3.63, 3.8) is 0 Å². The molecule has 6 heteroatoms. The van der Waals surface area contributed by atoms with Gasteiger partial charge >= 0.3 is 0 Å². The summed E-state index contributed by atoms with van der Waals surface area (Å²) in [5.41, 5.74) is 0.893. The van der Waals surface area contributed by atoms with Gasteiger partial charge in [0, 0.05) is 30.2 Å². The second kappa shape index (κ2) is 6.67. The third-order valence-electron chi connectivity index (χ3n) is 3.21. The highest BCUT2D eigenvalue weighted by Crippen LogP contribution is 2.18. The minimum Gasteiger partial charge on any atom is -0.336 e. The van der Waals surface area contributed by atoms with Crippen molar-refractivity contribution in [3.05, 3.63) is 40.3 Å². The first-order valence-corrected chi connectivity index (χ1v) is 7.50. The summed E-state index contributed by atoms with van der Waals surface area (Å²) < 4.78 is 1.71. The molecule has 0 radical (unpaired) electrons. The third-order valence-corrected chi connectivity index (χ3v) is 4.08. The van der Waals surface area contributed by atoms with Crippen molar-refractivity contribution in [1.82, 2.24) is 20.0 Å². The Bertz CT molecular complexity index is 549. The van der Waals surface area contributed by atoms with Crippen LogP contribution in [0.4, 0.5) is 0 Å². The number of rotatable bonds is 6. The van der Waals surface area contributed by atoms with Gasteiger partial charge in [0.05, 0.1) is 12.7 Å². The van der Waals surface area contributed by atoms with Crippen LogP contribution < -0.4 is 5.32 Å². The Balaban J connectivity index is 2.13. The van der Waals surface area contributed by atoms with Crippen molar-refractivity contribution >= 4 is 17.2 Å². The number of nitrogens with zero attached hydrogens (tertiary/aromatic N) is 3. The molecular formula is C14H20N4OS. The monoisotopic (exact) mass is 292 g/mol. The standard InChI is InChI=1S/C14H20N4OS/c1-4-18(10-12-6-5-7-20-12)14(19)13(15-2)11-8-16-17(3)9-11/h5-9,13,15H,4,10H2,1-3H3. The second-order valence-electron chi connectivity index (χ2n) is 4.60. The smallest absolute Gasteiger partial charge is 0.244 e. The van der Waals surface area contributed by atoms with E-state index >= 15 is 0 Å². The van der Waals surface area contributed by atoms with Gasteiger partial charge in [0.25, 0.3) is 0 Å². The summed E-state index contributed by atoms with van der Waals surface area (Å²) in [5.74, 6) is 0.0800. The maximum Gasteiger partial charge on any atom is 0.244 e. The molecule has 20 heavy (non-hydrogen) atoms. The lowest BCUT2D eigenvalue weighted by molar-refractivity contribution is -0.133. The lowest BCUT2D eigenvalue weighted by Gasteiger charge is -2.25. The number of carbonyl (C=O) groups excluding carboxylic acids is 1. The van der Waals surface area contributed by atoms with Gasteiger partial charge in [-0.05, 0) is 25.4 Å². The molecule has 0 aliphatic heterocycles. The van der Waals surface area contributed by atoms with Crippen molar-refractivity contribution in [2.24, 2.45) is 7.05 Å². The first-order valence-electron chi connectivity index (χ1n) is 6.62. The van der Waals surface area contributed by atoms with E-state index in [-0.39, 0.29) is 11.9 Å². The molecule has 0 saturated carbocycles. The van der Waals surface area contributed by atoms with Crippen LogP contribution in [-0.4, -0.2) is 34.2 Å². The van der Waals surface area contributed by atoms with Crippen molar-refractivity contribution in [2.45, 2.75) is 19.5 Å². The average Bonchev–Trinajstić information content (AvgIpc) is 3.08. The van der Waals surface area contributed by atoms with E-state index in [4.69, 9.17) is 0 Å². The minimum absolute atomic E-state index is 0.0800. The molecule has 5 nitrogen and oxygen atoms in total. The van der Waals surface area contributed by atoms with Gasteiger partial charge in [0.1, 0.15) is 6.04 Å². The Labute approximate surface area is 123 Å². The number of likely N-dealkylation sites (N-methyl/N-ethyl adjacent to an activating group) is 2. The Kier molecular flexibility index (Phi) is 4.92. The Morgan fingerprint density at radius 1 is 1.60 bits per heavy atom. The van der Waals surface area contributed by atoms with Crippen LogP contribution >= 0.6 is 11.3 Å². The summed E-state index contributed by atoms with van der Waals surface area (Å²) in [5, 5.41) is 9.25. The molecule has 1 amide bonds. The summed E-state index contributed by atoms with van der Waals surface area (Å²) in [6.07, 6.45) is 3.61. The van der Waals surface area contributed by atoms with Gasteiger partial charge in [0.15, 0.2) is 0 Å². The molecule has 1 N–H and O–H groups in total. The molecular weight excluding hydrogens is 272 g/mol. The highest BCUT2D eigenvalue weighted by molar-refractivity contribution is 7.09. The largest absolute Gasteiger partial charge is 0.336 e. The molecule has 1 atom stereocenters. The number of hydrogen-bond donors (Lipinski definition) is 1. The highest BCUT2D eigenvalue weighted by atomic mass is 32.1. The summed E-state index contributed by atoms with van der Waals surface area (Å²) in [6.45, 7) is 3.35.